The Labute approximate surface area is 161 Å². The number of rotatable bonds is 4. The maximum atomic E-state index is 13.1. The molecule has 0 saturated carbocycles. The van der Waals surface area contributed by atoms with E-state index in [1.54, 1.807) is 29.2 Å². The summed E-state index contributed by atoms with van der Waals surface area (Å²) < 4.78 is 0. The van der Waals surface area contributed by atoms with Gasteiger partial charge in [-0.1, -0.05) is 47.5 Å². The molecule has 1 N–H and O–H groups in total. The van der Waals surface area contributed by atoms with Crippen molar-refractivity contribution in [2.45, 2.75) is 25.8 Å². The van der Waals surface area contributed by atoms with E-state index in [4.69, 9.17) is 28.3 Å². The monoisotopic (exact) mass is 389 g/mol. The highest BCUT2D eigenvalue weighted by molar-refractivity contribution is 6.35. The fourth-order valence-corrected chi connectivity index (χ4v) is 3.66. The third-order valence-electron chi connectivity index (χ3n) is 4.54. The van der Waals surface area contributed by atoms with E-state index in [1.165, 1.54) is 6.08 Å². The number of carboxylic acid groups (broad SMARTS) is 1. The maximum Gasteiger partial charge on any atom is 0.328 e. The molecule has 1 heterocycles. The van der Waals surface area contributed by atoms with E-state index in [9.17, 15) is 9.59 Å². The Morgan fingerprint density at radius 3 is 2.62 bits per heavy atom. The molecule has 0 radical (unpaired) electrons. The molecule has 0 unspecified atom stereocenters. The van der Waals surface area contributed by atoms with Crippen molar-refractivity contribution in [1.82, 2.24) is 0 Å². The molecule has 0 aromatic heterocycles. The van der Waals surface area contributed by atoms with Gasteiger partial charge < -0.3 is 10.0 Å². The molecule has 0 spiro atoms. The SMILES string of the molecule is CC1(C)C(=O)N(Cc2ccc(Cl)cc2Cl)c2c(/C=C/C(=O)O)cccc21. The summed E-state index contributed by atoms with van der Waals surface area (Å²) in [4.78, 5) is 25.6. The molecule has 6 heteroatoms. The van der Waals surface area contributed by atoms with Gasteiger partial charge in [0.25, 0.3) is 0 Å². The van der Waals surface area contributed by atoms with Gasteiger partial charge in [-0.3, -0.25) is 4.79 Å². The molecule has 26 heavy (non-hydrogen) atoms. The van der Waals surface area contributed by atoms with Crippen molar-refractivity contribution in [2.24, 2.45) is 0 Å². The molecule has 134 valence electrons. The number of hydrogen-bond donors (Lipinski definition) is 1. The lowest BCUT2D eigenvalue weighted by Gasteiger charge is -2.22. The molecular weight excluding hydrogens is 373 g/mol. The molecule has 0 bridgehead atoms. The number of benzene rings is 2. The van der Waals surface area contributed by atoms with Gasteiger partial charge in [0.2, 0.25) is 5.91 Å². The van der Waals surface area contributed by atoms with E-state index in [1.807, 2.05) is 26.0 Å². The highest BCUT2D eigenvalue weighted by atomic mass is 35.5. The van der Waals surface area contributed by atoms with E-state index in [-0.39, 0.29) is 12.5 Å². The summed E-state index contributed by atoms with van der Waals surface area (Å²) in [6, 6.07) is 10.7. The second-order valence-corrected chi connectivity index (χ2v) is 7.51. The Bertz CT molecular complexity index is 935. The first-order valence-electron chi connectivity index (χ1n) is 8.02. The minimum Gasteiger partial charge on any atom is -0.478 e. The van der Waals surface area contributed by atoms with Crippen LogP contribution in [0.5, 0.6) is 0 Å². The fraction of sp³-hybridized carbons (Fsp3) is 0.200. The van der Waals surface area contributed by atoms with Crippen molar-refractivity contribution >= 4 is 46.8 Å². The van der Waals surface area contributed by atoms with Crippen LogP contribution in [0.4, 0.5) is 5.69 Å². The Kier molecular flexibility index (Phi) is 4.82. The molecule has 1 aliphatic rings. The third kappa shape index (κ3) is 3.22. The second-order valence-electron chi connectivity index (χ2n) is 6.67. The molecule has 4 nitrogen and oxygen atoms in total. The first-order chi connectivity index (χ1) is 12.2. The van der Waals surface area contributed by atoms with Crippen LogP contribution in [0.3, 0.4) is 0 Å². The van der Waals surface area contributed by atoms with Gasteiger partial charge >= 0.3 is 5.97 Å². The smallest absolute Gasteiger partial charge is 0.328 e. The predicted octanol–water partition coefficient (Wildman–Crippen LogP) is 4.92. The molecule has 2 aromatic rings. The molecule has 0 aliphatic carbocycles. The number of carbonyl (C=O) groups excluding carboxylic acids is 1. The zero-order valence-corrected chi connectivity index (χ0v) is 15.8. The summed E-state index contributed by atoms with van der Waals surface area (Å²) in [7, 11) is 0. The lowest BCUT2D eigenvalue weighted by Crippen LogP contribution is -2.35. The first-order valence-corrected chi connectivity index (χ1v) is 8.78. The van der Waals surface area contributed by atoms with Gasteiger partial charge in [0.1, 0.15) is 0 Å². The Hall–Kier alpha value is -2.30. The Morgan fingerprint density at radius 2 is 1.96 bits per heavy atom. The molecule has 0 atom stereocenters. The minimum absolute atomic E-state index is 0.0605. The van der Waals surface area contributed by atoms with Gasteiger partial charge in [-0.15, -0.1) is 0 Å². The van der Waals surface area contributed by atoms with Crippen LogP contribution in [-0.2, 0) is 21.5 Å². The van der Waals surface area contributed by atoms with Crippen LogP contribution in [0.25, 0.3) is 6.08 Å². The van der Waals surface area contributed by atoms with Gasteiger partial charge in [0.15, 0.2) is 0 Å². The van der Waals surface area contributed by atoms with Crippen LogP contribution < -0.4 is 4.90 Å². The fourth-order valence-electron chi connectivity index (χ4n) is 3.19. The Balaban J connectivity index is 2.11. The summed E-state index contributed by atoms with van der Waals surface area (Å²) in [5.74, 6) is -1.10. The van der Waals surface area contributed by atoms with Crippen molar-refractivity contribution in [1.29, 1.82) is 0 Å². The molecular formula is C20H17Cl2NO3. The number of fused-ring (bicyclic) bond motifs is 1. The standard InChI is InChI=1S/C20H17Cl2NO3/c1-20(2)15-5-3-4-12(7-9-17(24)25)18(15)23(19(20)26)11-13-6-8-14(21)10-16(13)22/h3-10H,11H2,1-2H3,(H,24,25)/b9-7+. The zero-order chi connectivity index (χ0) is 19.1. The molecule has 1 amide bonds. The van der Waals surface area contributed by atoms with Gasteiger partial charge in [0, 0.05) is 16.1 Å². The summed E-state index contributed by atoms with van der Waals surface area (Å²) in [6.07, 6.45) is 2.57. The Morgan fingerprint density at radius 1 is 1.23 bits per heavy atom. The molecule has 0 fully saturated rings. The first kappa shape index (κ1) is 18.5. The van der Waals surface area contributed by atoms with Crippen LogP contribution >= 0.6 is 23.2 Å². The molecule has 1 aliphatic heterocycles. The summed E-state index contributed by atoms with van der Waals surface area (Å²) in [5, 5.41) is 9.95. The second kappa shape index (κ2) is 6.78. The van der Waals surface area contributed by atoms with Gasteiger partial charge in [0.05, 0.1) is 17.6 Å². The number of nitrogens with zero attached hydrogens (tertiary/aromatic N) is 1. The minimum atomic E-state index is -1.04. The lowest BCUT2D eigenvalue weighted by atomic mass is 9.85. The van der Waals surface area contributed by atoms with E-state index < -0.39 is 11.4 Å². The number of amides is 1. The van der Waals surface area contributed by atoms with Crippen molar-refractivity contribution in [3.63, 3.8) is 0 Å². The lowest BCUT2D eigenvalue weighted by molar-refractivity contribution is -0.131. The highest BCUT2D eigenvalue weighted by Gasteiger charge is 2.44. The van der Waals surface area contributed by atoms with Crippen LogP contribution in [0.1, 0.15) is 30.5 Å². The van der Waals surface area contributed by atoms with Crippen molar-refractivity contribution in [3.8, 4) is 0 Å². The number of anilines is 1. The van der Waals surface area contributed by atoms with E-state index in [0.717, 1.165) is 17.2 Å². The van der Waals surface area contributed by atoms with Gasteiger partial charge in [-0.25, -0.2) is 4.79 Å². The number of carboxylic acids is 1. The molecule has 3 rings (SSSR count). The van der Waals surface area contributed by atoms with Crippen LogP contribution in [0.2, 0.25) is 10.0 Å². The molecule has 0 saturated heterocycles. The number of hydrogen-bond acceptors (Lipinski definition) is 2. The normalized spacial score (nSPS) is 15.5. The molecule has 2 aromatic carbocycles. The van der Waals surface area contributed by atoms with E-state index in [2.05, 4.69) is 0 Å². The van der Waals surface area contributed by atoms with Crippen molar-refractivity contribution < 1.29 is 14.7 Å². The average Bonchev–Trinajstić information content (AvgIpc) is 2.76. The van der Waals surface area contributed by atoms with Crippen molar-refractivity contribution in [2.75, 3.05) is 4.90 Å². The summed E-state index contributed by atoms with van der Waals surface area (Å²) >= 11 is 12.2. The predicted molar refractivity (Wildman–Crippen MR) is 104 cm³/mol. The summed E-state index contributed by atoms with van der Waals surface area (Å²) in [6.45, 7) is 4.01. The van der Waals surface area contributed by atoms with Crippen LogP contribution in [0.15, 0.2) is 42.5 Å². The number of para-hydroxylation sites is 1. The number of carbonyl (C=O) groups is 2. The topological polar surface area (TPSA) is 57.6 Å². The number of halogens is 2. The van der Waals surface area contributed by atoms with Gasteiger partial charge in [-0.2, -0.15) is 0 Å². The van der Waals surface area contributed by atoms with Crippen LogP contribution in [0, 0.1) is 0 Å². The van der Waals surface area contributed by atoms with Gasteiger partial charge in [-0.05, 0) is 48.7 Å². The quantitative estimate of drug-likeness (QED) is 0.755. The van der Waals surface area contributed by atoms with E-state index in [0.29, 0.717) is 21.3 Å². The van der Waals surface area contributed by atoms with Crippen molar-refractivity contribution in [3.05, 3.63) is 69.2 Å². The van der Waals surface area contributed by atoms with Crippen LogP contribution in [-0.4, -0.2) is 17.0 Å². The van der Waals surface area contributed by atoms with E-state index >= 15 is 0 Å². The third-order valence-corrected chi connectivity index (χ3v) is 5.13. The zero-order valence-electron chi connectivity index (χ0n) is 14.3. The highest BCUT2D eigenvalue weighted by Crippen LogP contribution is 2.45. The summed E-state index contributed by atoms with van der Waals surface area (Å²) in [5.41, 5.74) is 2.31. The number of aliphatic carboxylic acids is 1. The largest absolute Gasteiger partial charge is 0.478 e. The average molecular weight is 390 g/mol. The maximum absolute atomic E-state index is 13.1.